The molecule has 2 rings (SSSR count). The van der Waals surface area contributed by atoms with Gasteiger partial charge in [0, 0.05) is 12.0 Å². The Labute approximate surface area is 113 Å². The van der Waals surface area contributed by atoms with Crippen molar-refractivity contribution in [3.8, 4) is 17.0 Å². The largest absolute Gasteiger partial charge is 0.496 e. The second kappa shape index (κ2) is 5.34. The zero-order valence-electron chi connectivity index (χ0n) is 11.9. The third-order valence-electron chi connectivity index (χ3n) is 3.16. The van der Waals surface area contributed by atoms with Gasteiger partial charge in [-0.3, -0.25) is 0 Å². The summed E-state index contributed by atoms with van der Waals surface area (Å²) >= 11 is 0. The first kappa shape index (κ1) is 13.5. The molecule has 4 nitrogen and oxygen atoms in total. The smallest absolute Gasteiger partial charge is 0.292 e. The molecule has 2 aromatic rings. The van der Waals surface area contributed by atoms with Crippen molar-refractivity contribution < 1.29 is 9.15 Å². The van der Waals surface area contributed by atoms with Crippen LogP contribution in [0.2, 0.25) is 0 Å². The highest BCUT2D eigenvalue weighted by molar-refractivity contribution is 5.65. The van der Waals surface area contributed by atoms with Crippen molar-refractivity contribution in [2.75, 3.05) is 12.8 Å². The van der Waals surface area contributed by atoms with E-state index < -0.39 is 0 Å². The summed E-state index contributed by atoms with van der Waals surface area (Å²) < 4.78 is 10.8. The van der Waals surface area contributed by atoms with E-state index in [9.17, 15) is 0 Å². The molecule has 2 N–H and O–H groups in total. The molecule has 4 heteroatoms. The van der Waals surface area contributed by atoms with Gasteiger partial charge in [0.15, 0.2) is 0 Å². The van der Waals surface area contributed by atoms with Gasteiger partial charge in [0.2, 0.25) is 0 Å². The fourth-order valence-corrected chi connectivity index (χ4v) is 2.17. The molecule has 1 heterocycles. The summed E-state index contributed by atoms with van der Waals surface area (Å²) in [7, 11) is 1.69. The lowest BCUT2D eigenvalue weighted by molar-refractivity contribution is 0.407. The molecule has 0 atom stereocenters. The molecule has 0 saturated heterocycles. The van der Waals surface area contributed by atoms with Crippen molar-refractivity contribution in [2.45, 2.75) is 33.1 Å². The number of nitrogens with zero attached hydrogens (tertiary/aromatic N) is 1. The molecule has 0 aliphatic rings. The molecule has 0 amide bonds. The van der Waals surface area contributed by atoms with Crippen LogP contribution in [0.5, 0.6) is 5.75 Å². The molecule has 1 aromatic carbocycles. The number of oxazole rings is 1. The third kappa shape index (κ3) is 2.57. The zero-order chi connectivity index (χ0) is 14.0. The molecule has 0 aliphatic carbocycles. The molecule has 0 aliphatic heterocycles. The van der Waals surface area contributed by atoms with Gasteiger partial charge in [0.25, 0.3) is 6.01 Å². The van der Waals surface area contributed by atoms with Crippen molar-refractivity contribution in [3.05, 3.63) is 29.5 Å². The molecule has 102 valence electrons. The summed E-state index contributed by atoms with van der Waals surface area (Å²) in [6.45, 7) is 6.30. The number of aromatic nitrogens is 1. The van der Waals surface area contributed by atoms with Gasteiger partial charge in [-0.05, 0) is 29.7 Å². The van der Waals surface area contributed by atoms with Gasteiger partial charge in [-0.1, -0.05) is 20.8 Å². The van der Waals surface area contributed by atoms with E-state index in [2.05, 4.69) is 24.9 Å². The van der Waals surface area contributed by atoms with Crippen LogP contribution < -0.4 is 10.5 Å². The molecule has 0 spiro atoms. The Morgan fingerprint density at radius 3 is 2.68 bits per heavy atom. The fraction of sp³-hybridized carbons (Fsp3) is 0.400. The number of nitrogen functional groups attached to an aromatic ring is 1. The standard InChI is InChI=1S/C15H20N2O2/c1-5-12-14(17-15(16)19-12)10-6-7-13(18-4)11(8-10)9(2)3/h6-9H,5H2,1-4H3,(H2,16,17). The minimum absolute atomic E-state index is 0.216. The van der Waals surface area contributed by atoms with E-state index in [-0.39, 0.29) is 6.01 Å². The maximum atomic E-state index is 5.64. The number of benzene rings is 1. The number of aryl methyl sites for hydroxylation is 1. The highest BCUT2D eigenvalue weighted by Crippen LogP contribution is 2.33. The highest BCUT2D eigenvalue weighted by atomic mass is 16.5. The number of hydrogen-bond acceptors (Lipinski definition) is 4. The molecule has 1 aromatic heterocycles. The Kier molecular flexibility index (Phi) is 3.79. The first-order valence-electron chi connectivity index (χ1n) is 6.50. The van der Waals surface area contributed by atoms with Crippen molar-refractivity contribution >= 4 is 6.01 Å². The summed E-state index contributed by atoms with van der Waals surface area (Å²) in [5.74, 6) is 2.09. The lowest BCUT2D eigenvalue weighted by Gasteiger charge is -2.13. The van der Waals surface area contributed by atoms with Gasteiger partial charge < -0.3 is 14.9 Å². The van der Waals surface area contributed by atoms with Crippen molar-refractivity contribution in [3.63, 3.8) is 0 Å². The first-order valence-corrected chi connectivity index (χ1v) is 6.50. The maximum absolute atomic E-state index is 5.64. The van der Waals surface area contributed by atoms with E-state index in [1.54, 1.807) is 7.11 Å². The van der Waals surface area contributed by atoms with Crippen LogP contribution in [0.4, 0.5) is 6.01 Å². The van der Waals surface area contributed by atoms with E-state index in [0.29, 0.717) is 5.92 Å². The summed E-state index contributed by atoms with van der Waals surface area (Å²) in [4.78, 5) is 4.28. The Hall–Kier alpha value is -1.97. The normalized spacial score (nSPS) is 11.0. The second-order valence-corrected chi connectivity index (χ2v) is 4.79. The van der Waals surface area contributed by atoms with E-state index in [1.165, 1.54) is 0 Å². The minimum Gasteiger partial charge on any atom is -0.496 e. The number of rotatable bonds is 4. The van der Waals surface area contributed by atoms with Crippen LogP contribution in [0, 0.1) is 0 Å². The van der Waals surface area contributed by atoms with Crippen LogP contribution >= 0.6 is 0 Å². The fourth-order valence-electron chi connectivity index (χ4n) is 2.17. The molecular weight excluding hydrogens is 240 g/mol. The molecule has 0 saturated carbocycles. The van der Waals surface area contributed by atoms with Crippen molar-refractivity contribution in [1.82, 2.24) is 4.98 Å². The van der Waals surface area contributed by atoms with E-state index >= 15 is 0 Å². The zero-order valence-corrected chi connectivity index (χ0v) is 11.9. The maximum Gasteiger partial charge on any atom is 0.292 e. The lowest BCUT2D eigenvalue weighted by atomic mass is 9.98. The molecule has 0 unspecified atom stereocenters. The quantitative estimate of drug-likeness (QED) is 0.912. The summed E-state index contributed by atoms with van der Waals surface area (Å²) in [6.07, 6.45) is 0.766. The molecule has 0 bridgehead atoms. The average molecular weight is 260 g/mol. The number of ether oxygens (including phenoxy) is 1. The van der Waals surface area contributed by atoms with Crippen LogP contribution in [0.15, 0.2) is 22.6 Å². The Morgan fingerprint density at radius 1 is 1.37 bits per heavy atom. The predicted molar refractivity (Wildman–Crippen MR) is 76.4 cm³/mol. The van der Waals surface area contributed by atoms with Crippen LogP contribution in [0.25, 0.3) is 11.3 Å². The topological polar surface area (TPSA) is 61.3 Å². The van der Waals surface area contributed by atoms with Gasteiger partial charge in [-0.15, -0.1) is 0 Å². The highest BCUT2D eigenvalue weighted by Gasteiger charge is 2.15. The van der Waals surface area contributed by atoms with E-state index in [1.807, 2.05) is 19.1 Å². The number of methoxy groups -OCH3 is 1. The monoisotopic (exact) mass is 260 g/mol. The Morgan fingerprint density at radius 2 is 2.11 bits per heavy atom. The summed E-state index contributed by atoms with van der Waals surface area (Å²) in [5, 5.41) is 0. The second-order valence-electron chi connectivity index (χ2n) is 4.79. The average Bonchev–Trinajstić information content (AvgIpc) is 2.79. The number of anilines is 1. The molecule has 19 heavy (non-hydrogen) atoms. The van der Waals surface area contributed by atoms with Crippen molar-refractivity contribution in [2.24, 2.45) is 0 Å². The minimum atomic E-state index is 0.216. The van der Waals surface area contributed by atoms with Crippen LogP contribution in [0.1, 0.15) is 38.0 Å². The van der Waals surface area contributed by atoms with Gasteiger partial charge in [0.05, 0.1) is 7.11 Å². The number of hydrogen-bond donors (Lipinski definition) is 1. The van der Waals surface area contributed by atoms with Crippen LogP contribution in [0.3, 0.4) is 0 Å². The first-order chi connectivity index (χ1) is 9.06. The SMILES string of the molecule is CCc1oc(N)nc1-c1ccc(OC)c(C(C)C)c1. The van der Waals surface area contributed by atoms with Gasteiger partial charge >= 0.3 is 0 Å². The van der Waals surface area contributed by atoms with E-state index in [0.717, 1.165) is 34.8 Å². The van der Waals surface area contributed by atoms with Crippen LogP contribution in [-0.2, 0) is 6.42 Å². The Bertz CT molecular complexity index is 574. The number of nitrogens with two attached hydrogens (primary N) is 1. The predicted octanol–water partition coefficient (Wildman–Crippen LogP) is 3.62. The van der Waals surface area contributed by atoms with Gasteiger partial charge in [-0.25, -0.2) is 0 Å². The van der Waals surface area contributed by atoms with E-state index in [4.69, 9.17) is 14.9 Å². The summed E-state index contributed by atoms with van der Waals surface area (Å²) in [6, 6.07) is 6.27. The molecular formula is C15H20N2O2. The third-order valence-corrected chi connectivity index (χ3v) is 3.16. The van der Waals surface area contributed by atoms with Crippen LogP contribution in [-0.4, -0.2) is 12.1 Å². The van der Waals surface area contributed by atoms with Gasteiger partial charge in [-0.2, -0.15) is 4.98 Å². The van der Waals surface area contributed by atoms with Gasteiger partial charge in [0.1, 0.15) is 17.2 Å². The molecule has 0 radical (unpaired) electrons. The lowest BCUT2D eigenvalue weighted by Crippen LogP contribution is -1.95. The summed E-state index contributed by atoms with van der Waals surface area (Å²) in [5.41, 5.74) is 8.64. The molecule has 0 fully saturated rings. The van der Waals surface area contributed by atoms with Crippen molar-refractivity contribution in [1.29, 1.82) is 0 Å². The Balaban J connectivity index is 2.53.